The lowest BCUT2D eigenvalue weighted by Gasteiger charge is -2.37. The highest BCUT2D eigenvalue weighted by Gasteiger charge is 2.23. The lowest BCUT2D eigenvalue weighted by molar-refractivity contribution is 0.382. The third-order valence-electron chi connectivity index (χ3n) is 3.48. The van der Waals surface area contributed by atoms with Crippen LogP contribution in [0, 0.1) is 12.8 Å². The minimum Gasteiger partial charge on any atom is -0.371 e. The molecule has 2 atom stereocenters. The predicted octanol–water partition coefficient (Wildman–Crippen LogP) is 2.93. The first-order valence-electron chi connectivity index (χ1n) is 5.84. The van der Waals surface area contributed by atoms with Gasteiger partial charge in [0.05, 0.1) is 0 Å². The SMILES string of the molecule is Cc1ccc(Br)cc1N1CCC(N)C(C)C1. The maximum atomic E-state index is 6.05. The second kappa shape index (κ2) is 4.76. The molecule has 1 saturated heterocycles. The van der Waals surface area contributed by atoms with Crippen molar-refractivity contribution in [2.45, 2.75) is 26.3 Å². The normalized spacial score (nSPS) is 25.9. The topological polar surface area (TPSA) is 29.3 Å². The van der Waals surface area contributed by atoms with Gasteiger partial charge in [0.1, 0.15) is 0 Å². The summed E-state index contributed by atoms with van der Waals surface area (Å²) in [5.74, 6) is 0.576. The van der Waals surface area contributed by atoms with Crippen molar-refractivity contribution in [2.75, 3.05) is 18.0 Å². The van der Waals surface area contributed by atoms with Gasteiger partial charge in [-0.05, 0) is 37.0 Å². The van der Waals surface area contributed by atoms with Crippen LogP contribution in [0.1, 0.15) is 18.9 Å². The average molecular weight is 283 g/mol. The maximum Gasteiger partial charge on any atom is 0.0407 e. The van der Waals surface area contributed by atoms with Gasteiger partial charge in [-0.15, -0.1) is 0 Å². The van der Waals surface area contributed by atoms with Gasteiger partial charge in [0.25, 0.3) is 0 Å². The predicted molar refractivity (Wildman–Crippen MR) is 72.8 cm³/mol. The van der Waals surface area contributed by atoms with Gasteiger partial charge in [-0.3, -0.25) is 0 Å². The summed E-state index contributed by atoms with van der Waals surface area (Å²) in [4.78, 5) is 2.45. The molecule has 0 amide bonds. The molecule has 3 heteroatoms. The Bertz CT molecular complexity index is 378. The quantitative estimate of drug-likeness (QED) is 0.858. The second-order valence-electron chi connectivity index (χ2n) is 4.81. The van der Waals surface area contributed by atoms with Crippen LogP contribution < -0.4 is 10.6 Å². The Kier molecular flexibility index (Phi) is 3.55. The first-order valence-corrected chi connectivity index (χ1v) is 6.64. The zero-order chi connectivity index (χ0) is 11.7. The molecule has 0 aromatic heterocycles. The summed E-state index contributed by atoms with van der Waals surface area (Å²) >= 11 is 3.54. The Hall–Kier alpha value is -0.540. The van der Waals surface area contributed by atoms with Gasteiger partial charge < -0.3 is 10.6 Å². The van der Waals surface area contributed by atoms with E-state index in [1.165, 1.54) is 11.3 Å². The highest BCUT2D eigenvalue weighted by atomic mass is 79.9. The van der Waals surface area contributed by atoms with Crippen molar-refractivity contribution in [3.63, 3.8) is 0 Å². The average Bonchev–Trinajstić information content (AvgIpc) is 2.26. The molecule has 1 aromatic carbocycles. The standard InChI is InChI=1S/C13H19BrN2/c1-9-3-4-11(14)7-13(9)16-6-5-12(15)10(2)8-16/h3-4,7,10,12H,5-6,8,15H2,1-2H3. The molecule has 0 spiro atoms. The first-order chi connectivity index (χ1) is 7.58. The molecule has 1 heterocycles. The zero-order valence-corrected chi connectivity index (χ0v) is 11.5. The Labute approximate surface area is 106 Å². The molecule has 2 N–H and O–H groups in total. The van der Waals surface area contributed by atoms with E-state index >= 15 is 0 Å². The molecule has 2 unspecified atom stereocenters. The van der Waals surface area contributed by atoms with Crippen LogP contribution in [0.5, 0.6) is 0 Å². The molecule has 2 rings (SSSR count). The van der Waals surface area contributed by atoms with Crippen LogP contribution in [0.25, 0.3) is 0 Å². The van der Waals surface area contributed by atoms with Gasteiger partial charge >= 0.3 is 0 Å². The number of halogens is 1. The summed E-state index contributed by atoms with van der Waals surface area (Å²) < 4.78 is 1.15. The maximum absolute atomic E-state index is 6.05. The summed E-state index contributed by atoms with van der Waals surface area (Å²) in [5, 5.41) is 0. The van der Waals surface area contributed by atoms with Crippen LogP contribution in [0.3, 0.4) is 0 Å². The first kappa shape index (κ1) is 11.9. The van der Waals surface area contributed by atoms with E-state index < -0.39 is 0 Å². The Morgan fingerprint density at radius 1 is 1.44 bits per heavy atom. The van der Waals surface area contributed by atoms with E-state index in [0.717, 1.165) is 24.0 Å². The molecule has 0 aliphatic carbocycles. The highest BCUT2D eigenvalue weighted by Crippen LogP contribution is 2.28. The van der Waals surface area contributed by atoms with E-state index in [4.69, 9.17) is 5.73 Å². The number of nitrogens with two attached hydrogens (primary N) is 1. The van der Waals surface area contributed by atoms with Crippen LogP contribution in [0.4, 0.5) is 5.69 Å². The summed E-state index contributed by atoms with van der Waals surface area (Å²) in [6, 6.07) is 6.83. The molecular weight excluding hydrogens is 264 g/mol. The second-order valence-corrected chi connectivity index (χ2v) is 5.72. The number of aryl methyl sites for hydroxylation is 1. The van der Waals surface area contributed by atoms with Gasteiger partial charge in [-0.1, -0.05) is 28.9 Å². The van der Waals surface area contributed by atoms with Crippen molar-refractivity contribution >= 4 is 21.6 Å². The lowest BCUT2D eigenvalue weighted by atomic mass is 9.94. The zero-order valence-electron chi connectivity index (χ0n) is 9.91. The molecule has 1 aliphatic heterocycles. The van der Waals surface area contributed by atoms with Gasteiger partial charge in [0.2, 0.25) is 0 Å². The van der Waals surface area contributed by atoms with Crippen LogP contribution >= 0.6 is 15.9 Å². The fourth-order valence-corrected chi connectivity index (χ4v) is 2.65. The van der Waals surface area contributed by atoms with Gasteiger partial charge in [0.15, 0.2) is 0 Å². The van der Waals surface area contributed by atoms with E-state index in [1.54, 1.807) is 0 Å². The van der Waals surface area contributed by atoms with Gasteiger partial charge in [0, 0.05) is 29.3 Å². The molecular formula is C13H19BrN2. The van der Waals surface area contributed by atoms with Crippen molar-refractivity contribution in [1.29, 1.82) is 0 Å². The Morgan fingerprint density at radius 2 is 2.19 bits per heavy atom. The van der Waals surface area contributed by atoms with Crippen molar-refractivity contribution in [1.82, 2.24) is 0 Å². The van der Waals surface area contributed by atoms with E-state index in [9.17, 15) is 0 Å². The smallest absolute Gasteiger partial charge is 0.0407 e. The molecule has 1 fully saturated rings. The molecule has 1 aliphatic rings. The summed E-state index contributed by atoms with van der Waals surface area (Å²) in [5.41, 5.74) is 8.73. The molecule has 0 radical (unpaired) electrons. The minimum absolute atomic E-state index is 0.365. The molecule has 0 saturated carbocycles. The number of benzene rings is 1. The molecule has 88 valence electrons. The molecule has 16 heavy (non-hydrogen) atoms. The van der Waals surface area contributed by atoms with Crippen LogP contribution in [0.2, 0.25) is 0 Å². The third kappa shape index (κ3) is 2.41. The molecule has 0 bridgehead atoms. The van der Waals surface area contributed by atoms with Crippen molar-refractivity contribution in [3.8, 4) is 0 Å². The van der Waals surface area contributed by atoms with Gasteiger partial charge in [-0.2, -0.15) is 0 Å². The Morgan fingerprint density at radius 3 is 2.88 bits per heavy atom. The van der Waals surface area contributed by atoms with Crippen molar-refractivity contribution in [2.24, 2.45) is 11.7 Å². The monoisotopic (exact) mass is 282 g/mol. The number of anilines is 1. The van der Waals surface area contributed by atoms with Gasteiger partial charge in [-0.25, -0.2) is 0 Å². The van der Waals surface area contributed by atoms with E-state index in [-0.39, 0.29) is 0 Å². The number of rotatable bonds is 1. The van der Waals surface area contributed by atoms with Crippen LogP contribution in [-0.4, -0.2) is 19.1 Å². The van der Waals surface area contributed by atoms with Crippen LogP contribution in [-0.2, 0) is 0 Å². The Balaban J connectivity index is 2.21. The van der Waals surface area contributed by atoms with E-state index in [1.807, 2.05) is 0 Å². The minimum atomic E-state index is 0.365. The van der Waals surface area contributed by atoms with E-state index in [0.29, 0.717) is 12.0 Å². The fraction of sp³-hybridized carbons (Fsp3) is 0.538. The highest BCUT2D eigenvalue weighted by molar-refractivity contribution is 9.10. The third-order valence-corrected chi connectivity index (χ3v) is 3.98. The lowest BCUT2D eigenvalue weighted by Crippen LogP contribution is -2.46. The molecule has 1 aromatic rings. The van der Waals surface area contributed by atoms with Crippen LogP contribution in [0.15, 0.2) is 22.7 Å². The summed E-state index contributed by atoms with van der Waals surface area (Å²) in [7, 11) is 0. The number of hydrogen-bond acceptors (Lipinski definition) is 2. The molecule has 2 nitrogen and oxygen atoms in total. The van der Waals surface area contributed by atoms with E-state index in [2.05, 4.69) is 52.9 Å². The fourth-order valence-electron chi connectivity index (χ4n) is 2.31. The largest absolute Gasteiger partial charge is 0.371 e. The number of nitrogens with zero attached hydrogens (tertiary/aromatic N) is 1. The number of piperidine rings is 1. The number of hydrogen-bond donors (Lipinski definition) is 1. The van der Waals surface area contributed by atoms with Crippen molar-refractivity contribution < 1.29 is 0 Å². The van der Waals surface area contributed by atoms with Crippen molar-refractivity contribution in [3.05, 3.63) is 28.2 Å². The summed E-state index contributed by atoms with van der Waals surface area (Å²) in [6.45, 7) is 6.55. The summed E-state index contributed by atoms with van der Waals surface area (Å²) in [6.07, 6.45) is 1.09.